The molecule has 0 aliphatic heterocycles. The van der Waals surface area contributed by atoms with Gasteiger partial charge in [-0.25, -0.2) is 4.79 Å². The van der Waals surface area contributed by atoms with Gasteiger partial charge in [0, 0.05) is 0 Å². The van der Waals surface area contributed by atoms with Crippen molar-refractivity contribution in [3.8, 4) is 0 Å². The molecule has 0 unspecified atom stereocenters. The number of urea groups is 1. The Balaban J connectivity index is 2.04. The van der Waals surface area contributed by atoms with Crippen LogP contribution < -0.4 is 16.0 Å². The van der Waals surface area contributed by atoms with Crippen LogP contribution in [0.1, 0.15) is 10.4 Å². The molecule has 0 spiro atoms. The van der Waals surface area contributed by atoms with E-state index >= 15 is 0 Å². The Morgan fingerprint density at radius 1 is 1.12 bits per heavy atom. The van der Waals surface area contributed by atoms with Gasteiger partial charge in [0.25, 0.3) is 5.91 Å². The number of benzene rings is 1. The van der Waals surface area contributed by atoms with Gasteiger partial charge in [0.15, 0.2) is 0 Å². The minimum atomic E-state index is -4.53. The summed E-state index contributed by atoms with van der Waals surface area (Å²) in [5, 5.41) is 8.49. The predicted octanol–water partition coefficient (Wildman–Crippen LogP) is 4.99. The Kier molecular flexibility index (Phi) is 6.15. The molecular formula is C14H10Cl2F3N3O2S. The van der Waals surface area contributed by atoms with Crippen molar-refractivity contribution in [3.05, 3.63) is 45.3 Å². The second-order valence-corrected chi connectivity index (χ2v) is 6.34. The van der Waals surface area contributed by atoms with Crippen molar-refractivity contribution in [1.82, 2.24) is 5.32 Å². The van der Waals surface area contributed by atoms with Crippen molar-refractivity contribution in [2.24, 2.45) is 0 Å². The number of hydrogen-bond acceptors (Lipinski definition) is 3. The average Bonchev–Trinajstić information content (AvgIpc) is 2.97. The van der Waals surface area contributed by atoms with Gasteiger partial charge in [-0.05, 0) is 23.6 Å². The Morgan fingerprint density at radius 2 is 1.84 bits per heavy atom. The van der Waals surface area contributed by atoms with Crippen LogP contribution in [0.3, 0.4) is 0 Å². The molecule has 0 bridgehead atoms. The van der Waals surface area contributed by atoms with Gasteiger partial charge in [-0.2, -0.15) is 13.2 Å². The highest BCUT2D eigenvalue weighted by atomic mass is 35.5. The van der Waals surface area contributed by atoms with Gasteiger partial charge in [-0.1, -0.05) is 29.3 Å². The lowest BCUT2D eigenvalue weighted by Gasteiger charge is -2.11. The van der Waals surface area contributed by atoms with E-state index in [0.29, 0.717) is 0 Å². The third kappa shape index (κ3) is 5.52. The molecule has 1 heterocycles. The van der Waals surface area contributed by atoms with Gasteiger partial charge >= 0.3 is 12.2 Å². The van der Waals surface area contributed by atoms with E-state index in [4.69, 9.17) is 23.2 Å². The van der Waals surface area contributed by atoms with Crippen LogP contribution in [0.4, 0.5) is 28.7 Å². The van der Waals surface area contributed by atoms with Crippen LogP contribution >= 0.6 is 34.5 Å². The molecule has 0 saturated heterocycles. The summed E-state index contributed by atoms with van der Waals surface area (Å²) in [5.74, 6) is -0.949. The monoisotopic (exact) mass is 411 g/mol. The molecule has 0 aliphatic carbocycles. The van der Waals surface area contributed by atoms with E-state index in [1.165, 1.54) is 23.6 Å². The van der Waals surface area contributed by atoms with E-state index in [2.05, 4.69) is 10.6 Å². The Labute approximate surface area is 154 Å². The van der Waals surface area contributed by atoms with Crippen molar-refractivity contribution in [1.29, 1.82) is 0 Å². The first-order valence-electron chi connectivity index (χ1n) is 6.62. The zero-order valence-electron chi connectivity index (χ0n) is 12.2. The zero-order chi connectivity index (χ0) is 18.6. The van der Waals surface area contributed by atoms with Crippen LogP contribution in [0, 0.1) is 0 Å². The maximum Gasteiger partial charge on any atom is 0.405 e. The molecule has 3 amide bonds. The molecule has 3 N–H and O–H groups in total. The number of hydrogen-bond donors (Lipinski definition) is 3. The number of thiophene rings is 1. The highest BCUT2D eigenvalue weighted by Crippen LogP contribution is 2.30. The number of anilines is 2. The highest BCUT2D eigenvalue weighted by molar-refractivity contribution is 7.14. The molecule has 2 rings (SSSR count). The van der Waals surface area contributed by atoms with Crippen molar-refractivity contribution in [2.45, 2.75) is 6.18 Å². The lowest BCUT2D eigenvalue weighted by atomic mass is 10.3. The molecule has 0 atom stereocenters. The second-order valence-electron chi connectivity index (χ2n) is 4.64. The summed E-state index contributed by atoms with van der Waals surface area (Å²) >= 11 is 12.8. The first kappa shape index (κ1) is 19.4. The SMILES string of the molecule is O=C(Nc1cccc(Cl)c1Cl)Nc1sccc1C(=O)NCC(F)(F)F. The fraction of sp³-hybridized carbons (Fsp3) is 0.143. The van der Waals surface area contributed by atoms with Crippen LogP contribution in [0.25, 0.3) is 0 Å². The average molecular weight is 412 g/mol. The van der Waals surface area contributed by atoms with Crippen LogP contribution in [0.15, 0.2) is 29.6 Å². The van der Waals surface area contributed by atoms with Gasteiger partial charge in [0.05, 0.1) is 21.3 Å². The fourth-order valence-corrected chi connectivity index (χ4v) is 2.84. The summed E-state index contributed by atoms with van der Waals surface area (Å²) in [6.45, 7) is -1.47. The summed E-state index contributed by atoms with van der Waals surface area (Å²) in [7, 11) is 0. The van der Waals surface area contributed by atoms with E-state index in [1.54, 1.807) is 11.4 Å². The summed E-state index contributed by atoms with van der Waals surface area (Å²) in [4.78, 5) is 23.8. The lowest BCUT2D eigenvalue weighted by Crippen LogP contribution is -2.34. The van der Waals surface area contributed by atoms with Crippen LogP contribution in [0.5, 0.6) is 0 Å². The minimum absolute atomic E-state index is 0.0819. The van der Waals surface area contributed by atoms with E-state index in [1.807, 2.05) is 0 Å². The molecule has 0 aliphatic rings. The molecule has 5 nitrogen and oxygen atoms in total. The Hall–Kier alpha value is -1.97. The molecular weight excluding hydrogens is 402 g/mol. The summed E-state index contributed by atoms with van der Waals surface area (Å²) < 4.78 is 36.5. The number of alkyl halides is 3. The van der Waals surface area contributed by atoms with E-state index in [-0.39, 0.29) is 26.3 Å². The van der Waals surface area contributed by atoms with Crippen LogP contribution in [0.2, 0.25) is 10.0 Å². The van der Waals surface area contributed by atoms with E-state index < -0.39 is 24.7 Å². The van der Waals surface area contributed by atoms with Gasteiger partial charge in [0.1, 0.15) is 11.5 Å². The standard InChI is InChI=1S/C14H10Cl2F3N3O2S/c15-8-2-1-3-9(10(8)16)21-13(24)22-12-7(4-5-25-12)11(23)20-6-14(17,18)19/h1-5H,6H2,(H,20,23)(H2,21,22,24). The van der Waals surface area contributed by atoms with E-state index in [0.717, 1.165) is 11.3 Å². The van der Waals surface area contributed by atoms with Crippen molar-refractivity contribution in [2.75, 3.05) is 17.2 Å². The second kappa shape index (κ2) is 7.94. The molecule has 1 aromatic heterocycles. The summed E-state index contributed by atoms with van der Waals surface area (Å²) in [6, 6.07) is 5.20. The summed E-state index contributed by atoms with van der Waals surface area (Å²) in [5.41, 5.74) is 0.160. The minimum Gasteiger partial charge on any atom is -0.343 e. The number of carbonyl (C=O) groups is 2. The van der Waals surface area contributed by atoms with Crippen molar-refractivity contribution >= 4 is 57.2 Å². The zero-order valence-corrected chi connectivity index (χ0v) is 14.5. The van der Waals surface area contributed by atoms with Gasteiger partial charge in [0.2, 0.25) is 0 Å². The van der Waals surface area contributed by atoms with Crippen molar-refractivity contribution in [3.63, 3.8) is 0 Å². The molecule has 0 saturated carbocycles. The molecule has 0 radical (unpaired) electrons. The molecule has 1 aromatic carbocycles. The topological polar surface area (TPSA) is 70.2 Å². The van der Waals surface area contributed by atoms with Gasteiger partial charge in [-0.3, -0.25) is 10.1 Å². The van der Waals surface area contributed by atoms with Crippen LogP contribution in [-0.2, 0) is 0 Å². The smallest absolute Gasteiger partial charge is 0.343 e. The first-order chi connectivity index (χ1) is 11.7. The third-order valence-corrected chi connectivity index (χ3v) is 4.43. The van der Waals surface area contributed by atoms with Gasteiger partial charge < -0.3 is 10.6 Å². The fourth-order valence-electron chi connectivity index (χ4n) is 1.72. The largest absolute Gasteiger partial charge is 0.405 e. The highest BCUT2D eigenvalue weighted by Gasteiger charge is 2.28. The lowest BCUT2D eigenvalue weighted by molar-refractivity contribution is -0.123. The third-order valence-electron chi connectivity index (χ3n) is 2.79. The van der Waals surface area contributed by atoms with Crippen molar-refractivity contribution < 1.29 is 22.8 Å². The van der Waals surface area contributed by atoms with Gasteiger partial charge in [-0.15, -0.1) is 11.3 Å². The molecule has 25 heavy (non-hydrogen) atoms. The predicted molar refractivity (Wildman–Crippen MR) is 91.8 cm³/mol. The number of nitrogens with one attached hydrogen (secondary N) is 3. The number of carbonyl (C=O) groups excluding carboxylic acids is 2. The number of amides is 3. The molecule has 0 fully saturated rings. The molecule has 134 valence electrons. The Morgan fingerprint density at radius 3 is 2.52 bits per heavy atom. The first-order valence-corrected chi connectivity index (χ1v) is 8.25. The van der Waals surface area contributed by atoms with Crippen LogP contribution in [-0.4, -0.2) is 24.7 Å². The summed E-state index contributed by atoms with van der Waals surface area (Å²) in [6.07, 6.45) is -4.53. The molecule has 11 heteroatoms. The number of halogens is 5. The maximum atomic E-state index is 12.2. The maximum absolute atomic E-state index is 12.2. The molecule has 2 aromatic rings. The van der Waals surface area contributed by atoms with E-state index in [9.17, 15) is 22.8 Å². The quantitative estimate of drug-likeness (QED) is 0.662. The Bertz CT molecular complexity index is 796. The number of rotatable bonds is 4. The normalized spacial score (nSPS) is 11.1.